The van der Waals surface area contributed by atoms with Crippen LogP contribution in [0, 0.1) is 0 Å². The first kappa shape index (κ1) is 17.8. The molecule has 142 valence electrons. The highest BCUT2D eigenvalue weighted by atomic mass is 31.2. The highest BCUT2D eigenvalue weighted by Crippen LogP contribution is 2.60. The molecule has 2 aliphatic rings. The Labute approximate surface area is 149 Å². The molecule has 5 atom stereocenters. The number of hydrogen-bond donors (Lipinski definition) is 2. The molecule has 2 aliphatic heterocycles. The number of rotatable bonds is 3. The zero-order chi connectivity index (χ0) is 18.7. The van der Waals surface area contributed by atoms with Crippen LogP contribution in [0.1, 0.15) is 27.0 Å². The maximum atomic E-state index is 12.6. The van der Waals surface area contributed by atoms with Gasteiger partial charge in [-0.1, -0.05) is 0 Å². The molecule has 12 heteroatoms. The summed E-state index contributed by atoms with van der Waals surface area (Å²) in [6.45, 7) is 5.08. The van der Waals surface area contributed by atoms with Gasteiger partial charge in [0, 0.05) is 0 Å². The summed E-state index contributed by atoms with van der Waals surface area (Å²) < 4.78 is 36.3. The molecule has 0 bridgehead atoms. The number of hydrogen-bond acceptors (Lipinski definition) is 10. The van der Waals surface area contributed by atoms with Gasteiger partial charge in [-0.15, -0.1) is 0 Å². The van der Waals surface area contributed by atoms with Gasteiger partial charge in [-0.25, -0.2) is 19.5 Å². The van der Waals surface area contributed by atoms with E-state index in [2.05, 4.69) is 15.0 Å². The van der Waals surface area contributed by atoms with Gasteiger partial charge < -0.3 is 15.6 Å². The van der Waals surface area contributed by atoms with E-state index < -0.39 is 31.9 Å². The average Bonchev–Trinajstić information content (AvgIpc) is 3.09. The standard InChI is InChI=1S/C14H20N5O6P/c1-7(2)24-26(21)22-4-14(3)10(25-26)9(20)13(23-14)19-6-18-8-11(15)16-5-17-12(8)19/h5-7,9-10,13,20H,4H2,1-3H3,(H2,15,16,17)/t9-,10+,13-,14-,26?/m1/s1. The predicted molar refractivity (Wildman–Crippen MR) is 88.9 cm³/mol. The minimum Gasteiger partial charge on any atom is -0.386 e. The van der Waals surface area contributed by atoms with Gasteiger partial charge in [-0.3, -0.25) is 18.1 Å². The Morgan fingerprint density at radius 3 is 2.96 bits per heavy atom. The lowest BCUT2D eigenvalue weighted by molar-refractivity contribution is -0.137. The van der Waals surface area contributed by atoms with Gasteiger partial charge in [0.25, 0.3) is 0 Å². The monoisotopic (exact) mass is 385 g/mol. The molecule has 26 heavy (non-hydrogen) atoms. The third-order valence-electron chi connectivity index (χ3n) is 4.35. The second-order valence-electron chi connectivity index (χ2n) is 6.80. The van der Waals surface area contributed by atoms with E-state index in [1.54, 1.807) is 25.3 Å². The van der Waals surface area contributed by atoms with Gasteiger partial charge in [-0.05, 0) is 20.8 Å². The largest absolute Gasteiger partial charge is 0.475 e. The summed E-state index contributed by atoms with van der Waals surface area (Å²) in [4.78, 5) is 12.2. The second-order valence-corrected chi connectivity index (χ2v) is 8.37. The van der Waals surface area contributed by atoms with Crippen LogP contribution in [0.4, 0.5) is 5.82 Å². The summed E-state index contributed by atoms with van der Waals surface area (Å²) in [5, 5.41) is 10.8. The lowest BCUT2D eigenvalue weighted by atomic mass is 9.98. The molecular weight excluding hydrogens is 365 g/mol. The van der Waals surface area contributed by atoms with Crippen molar-refractivity contribution in [2.75, 3.05) is 12.3 Å². The summed E-state index contributed by atoms with van der Waals surface area (Å²) in [6, 6.07) is 0. The first-order valence-electron chi connectivity index (χ1n) is 8.13. The van der Waals surface area contributed by atoms with E-state index in [0.717, 1.165) is 0 Å². The minimum atomic E-state index is -3.79. The van der Waals surface area contributed by atoms with Crippen molar-refractivity contribution in [3.63, 3.8) is 0 Å². The topological polar surface area (TPSA) is 144 Å². The molecule has 2 fully saturated rings. The molecule has 4 rings (SSSR count). The number of anilines is 1. The van der Waals surface area contributed by atoms with Crippen molar-refractivity contribution in [1.82, 2.24) is 19.5 Å². The molecule has 0 radical (unpaired) electrons. The third kappa shape index (κ3) is 2.72. The Morgan fingerprint density at radius 2 is 2.23 bits per heavy atom. The predicted octanol–water partition coefficient (Wildman–Crippen LogP) is 1.01. The molecular formula is C14H20N5O6P. The van der Waals surface area contributed by atoms with Crippen LogP contribution in [0.5, 0.6) is 0 Å². The number of ether oxygens (including phenoxy) is 1. The Balaban J connectivity index is 1.67. The Morgan fingerprint density at radius 1 is 1.46 bits per heavy atom. The van der Waals surface area contributed by atoms with Crippen LogP contribution in [-0.4, -0.2) is 55.1 Å². The fourth-order valence-corrected chi connectivity index (χ4v) is 4.91. The number of fused-ring (bicyclic) bond motifs is 2. The fraction of sp³-hybridized carbons (Fsp3) is 0.643. The van der Waals surface area contributed by atoms with Crippen molar-refractivity contribution >= 4 is 24.8 Å². The van der Waals surface area contributed by atoms with Gasteiger partial charge in [-0.2, -0.15) is 0 Å². The van der Waals surface area contributed by atoms with Gasteiger partial charge in [0.05, 0.1) is 19.0 Å². The van der Waals surface area contributed by atoms with Crippen LogP contribution in [0.25, 0.3) is 11.2 Å². The van der Waals surface area contributed by atoms with E-state index >= 15 is 0 Å². The molecule has 0 aliphatic carbocycles. The fourth-order valence-electron chi connectivity index (χ4n) is 3.18. The van der Waals surface area contributed by atoms with E-state index in [1.807, 2.05) is 0 Å². The maximum absolute atomic E-state index is 12.6. The molecule has 0 saturated carbocycles. The maximum Gasteiger partial charge on any atom is 0.475 e. The average molecular weight is 385 g/mol. The van der Waals surface area contributed by atoms with E-state index in [0.29, 0.717) is 11.2 Å². The lowest BCUT2D eigenvalue weighted by Crippen LogP contribution is -2.48. The molecule has 2 aromatic heterocycles. The van der Waals surface area contributed by atoms with E-state index in [-0.39, 0.29) is 18.5 Å². The van der Waals surface area contributed by atoms with Crippen molar-refractivity contribution < 1.29 is 28.0 Å². The van der Waals surface area contributed by atoms with Crippen LogP contribution in [0.15, 0.2) is 12.7 Å². The first-order chi connectivity index (χ1) is 12.2. The van der Waals surface area contributed by atoms with Crippen molar-refractivity contribution in [2.24, 2.45) is 0 Å². The number of nitrogens with two attached hydrogens (primary N) is 1. The molecule has 4 heterocycles. The number of nitrogens with zero attached hydrogens (tertiary/aromatic N) is 4. The van der Waals surface area contributed by atoms with Crippen LogP contribution < -0.4 is 5.73 Å². The molecule has 2 saturated heterocycles. The molecule has 1 unspecified atom stereocenters. The van der Waals surface area contributed by atoms with Crippen LogP contribution in [0.2, 0.25) is 0 Å². The van der Waals surface area contributed by atoms with Crippen LogP contribution in [0.3, 0.4) is 0 Å². The van der Waals surface area contributed by atoms with Crippen LogP contribution >= 0.6 is 7.82 Å². The molecule has 2 aromatic rings. The summed E-state index contributed by atoms with van der Waals surface area (Å²) in [5.41, 5.74) is 5.59. The minimum absolute atomic E-state index is 0.0566. The molecule has 0 amide bonds. The van der Waals surface area contributed by atoms with Crippen molar-refractivity contribution in [1.29, 1.82) is 0 Å². The number of nitrogen functional groups attached to an aromatic ring is 1. The summed E-state index contributed by atoms with van der Waals surface area (Å²) >= 11 is 0. The molecule has 11 nitrogen and oxygen atoms in total. The Bertz CT molecular complexity index is 890. The summed E-state index contributed by atoms with van der Waals surface area (Å²) in [5.74, 6) is 0.222. The molecule has 0 aromatic carbocycles. The second kappa shape index (κ2) is 5.95. The van der Waals surface area contributed by atoms with Crippen molar-refractivity contribution in [3.05, 3.63) is 12.7 Å². The lowest BCUT2D eigenvalue weighted by Gasteiger charge is -2.38. The Hall–Kier alpha value is -1.62. The summed E-state index contributed by atoms with van der Waals surface area (Å²) in [7, 11) is -3.79. The SMILES string of the molecule is CC(C)OP1(=O)OC[C@@]2(C)O[C@@H](n3cnc4c(N)ncnc43)[C@H](O)[C@@H]2O1. The smallest absolute Gasteiger partial charge is 0.386 e. The number of aliphatic hydroxyl groups excluding tert-OH is 1. The zero-order valence-corrected chi connectivity index (χ0v) is 15.4. The first-order valence-corrected chi connectivity index (χ1v) is 9.59. The third-order valence-corrected chi connectivity index (χ3v) is 5.96. The summed E-state index contributed by atoms with van der Waals surface area (Å²) in [6.07, 6.45) is -0.550. The Kier molecular flexibility index (Phi) is 4.07. The van der Waals surface area contributed by atoms with E-state index in [1.165, 1.54) is 12.7 Å². The highest BCUT2D eigenvalue weighted by Gasteiger charge is 2.60. The van der Waals surface area contributed by atoms with Gasteiger partial charge in [0.2, 0.25) is 0 Å². The number of imidazole rings is 1. The van der Waals surface area contributed by atoms with E-state index in [9.17, 15) is 9.67 Å². The number of phosphoric ester groups is 1. The number of aliphatic hydroxyl groups is 1. The van der Waals surface area contributed by atoms with Gasteiger partial charge in [0.1, 0.15) is 29.7 Å². The molecule has 3 N–H and O–H groups in total. The quantitative estimate of drug-likeness (QED) is 0.734. The van der Waals surface area contributed by atoms with Gasteiger partial charge in [0.15, 0.2) is 17.7 Å². The van der Waals surface area contributed by atoms with Gasteiger partial charge >= 0.3 is 7.82 Å². The number of phosphoric acid groups is 1. The normalized spacial score (nSPS) is 37.3. The number of aromatic nitrogens is 4. The van der Waals surface area contributed by atoms with Crippen LogP contribution in [-0.2, 0) is 22.9 Å². The highest BCUT2D eigenvalue weighted by molar-refractivity contribution is 7.48. The van der Waals surface area contributed by atoms with E-state index in [4.69, 9.17) is 24.0 Å². The van der Waals surface area contributed by atoms with Crippen molar-refractivity contribution in [2.45, 2.75) is 50.9 Å². The molecule has 0 spiro atoms. The zero-order valence-electron chi connectivity index (χ0n) is 14.5. The van der Waals surface area contributed by atoms with Crippen molar-refractivity contribution in [3.8, 4) is 0 Å².